The summed E-state index contributed by atoms with van der Waals surface area (Å²) < 4.78 is 0. The Morgan fingerprint density at radius 3 is 2.45 bits per heavy atom. The third-order valence-corrected chi connectivity index (χ3v) is 1.98. The first-order valence-corrected chi connectivity index (χ1v) is 3.90. The molecular formula is C8H10N3. The van der Waals surface area contributed by atoms with Crippen LogP contribution in [0.2, 0.25) is 0 Å². The highest BCUT2D eigenvalue weighted by molar-refractivity contribution is 5.41. The van der Waals surface area contributed by atoms with Crippen molar-refractivity contribution in [3.8, 4) is 0 Å². The van der Waals surface area contributed by atoms with E-state index in [2.05, 4.69) is 21.2 Å². The molecule has 0 N–H and O–H groups in total. The van der Waals surface area contributed by atoms with Crippen LogP contribution in [0.3, 0.4) is 0 Å². The summed E-state index contributed by atoms with van der Waals surface area (Å²) in [6.45, 7) is 2.29. The van der Waals surface area contributed by atoms with Crippen LogP contribution in [0.5, 0.6) is 0 Å². The van der Waals surface area contributed by atoms with Crippen molar-refractivity contribution in [1.82, 2.24) is 9.97 Å². The van der Waals surface area contributed by atoms with Crippen molar-refractivity contribution in [2.75, 3.05) is 18.0 Å². The van der Waals surface area contributed by atoms with Gasteiger partial charge >= 0.3 is 0 Å². The monoisotopic (exact) mass is 148 g/mol. The smallest absolute Gasteiger partial charge is 0.197 e. The molecule has 1 fully saturated rings. The van der Waals surface area contributed by atoms with Gasteiger partial charge in [0.2, 0.25) is 0 Å². The zero-order valence-electron chi connectivity index (χ0n) is 6.32. The zero-order valence-corrected chi connectivity index (χ0v) is 6.32. The molecule has 1 aromatic rings. The van der Waals surface area contributed by atoms with E-state index in [-0.39, 0.29) is 0 Å². The molecule has 0 bridgehead atoms. The molecule has 0 atom stereocenters. The molecule has 0 spiro atoms. The number of aromatic nitrogens is 2. The van der Waals surface area contributed by atoms with Crippen molar-refractivity contribution >= 4 is 5.69 Å². The molecule has 3 nitrogen and oxygen atoms in total. The van der Waals surface area contributed by atoms with Crippen LogP contribution in [-0.2, 0) is 0 Å². The summed E-state index contributed by atoms with van der Waals surface area (Å²) in [6.07, 6.45) is 8.75. The second kappa shape index (κ2) is 2.86. The van der Waals surface area contributed by atoms with Crippen LogP contribution < -0.4 is 4.90 Å². The molecule has 1 aromatic heterocycles. The summed E-state index contributed by atoms with van der Waals surface area (Å²) in [5.74, 6) is 0. The molecule has 1 aliphatic rings. The van der Waals surface area contributed by atoms with Gasteiger partial charge in [0.1, 0.15) is 0 Å². The molecule has 0 aliphatic carbocycles. The minimum Gasteiger partial charge on any atom is -0.369 e. The van der Waals surface area contributed by atoms with Crippen LogP contribution in [0.4, 0.5) is 5.69 Å². The molecule has 2 heterocycles. The molecule has 0 unspecified atom stereocenters. The number of rotatable bonds is 1. The highest BCUT2D eigenvalue weighted by Crippen LogP contribution is 2.16. The first-order valence-electron chi connectivity index (χ1n) is 3.90. The molecule has 2 rings (SSSR count). The molecule has 0 amide bonds. The summed E-state index contributed by atoms with van der Waals surface area (Å²) in [5.41, 5.74) is 1.13. The maximum Gasteiger partial charge on any atom is 0.197 e. The predicted molar refractivity (Wildman–Crippen MR) is 42.3 cm³/mol. The Kier molecular flexibility index (Phi) is 1.71. The van der Waals surface area contributed by atoms with Crippen LogP contribution in [0.15, 0.2) is 12.4 Å². The lowest BCUT2D eigenvalue weighted by molar-refractivity contribution is 0.948. The first kappa shape index (κ1) is 6.58. The van der Waals surface area contributed by atoms with Gasteiger partial charge in [-0.25, -0.2) is 9.97 Å². The van der Waals surface area contributed by atoms with Gasteiger partial charge in [-0.15, -0.1) is 0 Å². The van der Waals surface area contributed by atoms with E-state index >= 15 is 0 Å². The summed E-state index contributed by atoms with van der Waals surface area (Å²) in [6, 6.07) is 0. The van der Waals surface area contributed by atoms with E-state index in [1.165, 1.54) is 12.8 Å². The standard InChI is InChI=1S/C8H10N3/c1-2-4-11(3-1)8-5-9-7-10-6-8/h5-6H,1-4H2. The fourth-order valence-corrected chi connectivity index (χ4v) is 1.40. The van der Waals surface area contributed by atoms with Crippen LogP contribution in [0.25, 0.3) is 0 Å². The van der Waals surface area contributed by atoms with Crippen molar-refractivity contribution in [1.29, 1.82) is 0 Å². The van der Waals surface area contributed by atoms with Crippen molar-refractivity contribution in [2.45, 2.75) is 12.8 Å². The lowest BCUT2D eigenvalue weighted by Gasteiger charge is -2.15. The summed E-state index contributed by atoms with van der Waals surface area (Å²) in [4.78, 5) is 10.0. The van der Waals surface area contributed by atoms with Gasteiger partial charge in [-0.1, -0.05) is 0 Å². The second-order valence-electron chi connectivity index (χ2n) is 2.74. The van der Waals surface area contributed by atoms with E-state index in [1.807, 2.05) is 12.4 Å². The Labute approximate surface area is 66.1 Å². The molecule has 1 radical (unpaired) electrons. The average molecular weight is 148 g/mol. The molecule has 0 aromatic carbocycles. The van der Waals surface area contributed by atoms with Gasteiger partial charge < -0.3 is 4.90 Å². The van der Waals surface area contributed by atoms with Gasteiger partial charge in [-0.3, -0.25) is 0 Å². The molecule has 11 heavy (non-hydrogen) atoms. The third kappa shape index (κ3) is 1.31. The van der Waals surface area contributed by atoms with E-state index in [1.54, 1.807) is 0 Å². The molecule has 1 saturated heterocycles. The number of anilines is 1. The number of nitrogens with zero attached hydrogens (tertiary/aromatic N) is 3. The van der Waals surface area contributed by atoms with Gasteiger partial charge in [-0.05, 0) is 12.8 Å². The molecule has 3 heteroatoms. The fraction of sp³-hybridized carbons (Fsp3) is 0.500. The highest BCUT2D eigenvalue weighted by atomic mass is 15.2. The normalized spacial score (nSPS) is 17.3. The summed E-state index contributed by atoms with van der Waals surface area (Å²) in [5, 5.41) is 0. The van der Waals surface area contributed by atoms with E-state index < -0.39 is 0 Å². The Morgan fingerprint density at radius 1 is 1.18 bits per heavy atom. The lowest BCUT2D eigenvalue weighted by atomic mass is 10.4. The molecular weight excluding hydrogens is 138 g/mol. The Bertz CT molecular complexity index is 216. The van der Waals surface area contributed by atoms with Gasteiger partial charge in [0.05, 0.1) is 18.1 Å². The summed E-state index contributed by atoms with van der Waals surface area (Å²) >= 11 is 0. The molecule has 57 valence electrons. The van der Waals surface area contributed by atoms with Crippen LogP contribution >= 0.6 is 0 Å². The molecule has 0 saturated carbocycles. The quantitative estimate of drug-likeness (QED) is 0.592. The molecule has 1 aliphatic heterocycles. The lowest BCUT2D eigenvalue weighted by Crippen LogP contribution is -2.17. The SMILES string of the molecule is [c]1ncc(N2CCCC2)cn1. The fourth-order valence-electron chi connectivity index (χ4n) is 1.40. The van der Waals surface area contributed by atoms with Crippen LogP contribution in [0.1, 0.15) is 12.8 Å². The van der Waals surface area contributed by atoms with Crippen molar-refractivity contribution in [3.05, 3.63) is 18.7 Å². The van der Waals surface area contributed by atoms with Crippen LogP contribution in [-0.4, -0.2) is 23.1 Å². The van der Waals surface area contributed by atoms with Gasteiger partial charge in [0.25, 0.3) is 0 Å². The van der Waals surface area contributed by atoms with Crippen molar-refractivity contribution in [2.24, 2.45) is 0 Å². The minimum absolute atomic E-state index is 1.13. The van der Waals surface area contributed by atoms with Crippen LogP contribution in [0, 0.1) is 6.33 Å². The highest BCUT2D eigenvalue weighted by Gasteiger charge is 2.11. The second-order valence-corrected chi connectivity index (χ2v) is 2.74. The van der Waals surface area contributed by atoms with Gasteiger partial charge in [0.15, 0.2) is 6.33 Å². The number of hydrogen-bond acceptors (Lipinski definition) is 3. The van der Waals surface area contributed by atoms with Crippen molar-refractivity contribution < 1.29 is 0 Å². The van der Waals surface area contributed by atoms with Gasteiger partial charge in [-0.2, -0.15) is 0 Å². The van der Waals surface area contributed by atoms with E-state index in [4.69, 9.17) is 0 Å². The van der Waals surface area contributed by atoms with Crippen molar-refractivity contribution in [3.63, 3.8) is 0 Å². The van der Waals surface area contributed by atoms with Gasteiger partial charge in [0, 0.05) is 13.1 Å². The average Bonchev–Trinajstić information content (AvgIpc) is 2.58. The maximum absolute atomic E-state index is 3.85. The third-order valence-electron chi connectivity index (χ3n) is 1.98. The zero-order chi connectivity index (χ0) is 7.52. The Morgan fingerprint density at radius 2 is 1.82 bits per heavy atom. The van der Waals surface area contributed by atoms with E-state index in [0.29, 0.717) is 0 Å². The minimum atomic E-state index is 1.13. The largest absolute Gasteiger partial charge is 0.369 e. The number of hydrogen-bond donors (Lipinski definition) is 0. The topological polar surface area (TPSA) is 29.0 Å². The van der Waals surface area contributed by atoms with E-state index in [0.717, 1.165) is 18.8 Å². The first-order chi connectivity index (χ1) is 5.47. The summed E-state index contributed by atoms with van der Waals surface area (Å²) in [7, 11) is 0. The Hall–Kier alpha value is -1.12. The Balaban J connectivity index is 2.16. The van der Waals surface area contributed by atoms with E-state index in [9.17, 15) is 0 Å². The predicted octanol–water partition coefficient (Wildman–Crippen LogP) is 0.877. The maximum atomic E-state index is 3.85.